The predicted octanol–water partition coefficient (Wildman–Crippen LogP) is -2.91. The van der Waals surface area contributed by atoms with Crippen molar-refractivity contribution < 1.29 is 44.5 Å². The van der Waals surface area contributed by atoms with Gasteiger partial charge in [0.25, 0.3) is 0 Å². The zero-order valence-corrected chi connectivity index (χ0v) is 14.9. The SMILES string of the molecule is CCC[C@H]1C(OC)C(=O)N[C@@H](COC2OC(CO)C(O)C(O)C2O)[C@@H]1O. The van der Waals surface area contributed by atoms with E-state index in [9.17, 15) is 30.3 Å². The number of nitrogens with one attached hydrogen (secondary N) is 1. The zero-order valence-electron chi connectivity index (χ0n) is 14.9. The van der Waals surface area contributed by atoms with E-state index in [2.05, 4.69) is 5.32 Å². The summed E-state index contributed by atoms with van der Waals surface area (Å²) in [5.74, 6) is -0.763. The number of carbonyl (C=O) groups is 1. The van der Waals surface area contributed by atoms with Crippen molar-refractivity contribution >= 4 is 5.91 Å². The van der Waals surface area contributed by atoms with Gasteiger partial charge in [0.05, 0.1) is 25.4 Å². The summed E-state index contributed by atoms with van der Waals surface area (Å²) in [5, 5.41) is 51.9. The largest absolute Gasteiger partial charge is 0.394 e. The van der Waals surface area contributed by atoms with E-state index in [1.807, 2.05) is 6.92 Å². The first-order valence-electron chi connectivity index (χ1n) is 8.79. The van der Waals surface area contributed by atoms with Gasteiger partial charge in [-0.25, -0.2) is 0 Å². The van der Waals surface area contributed by atoms with Crippen molar-refractivity contribution in [3.05, 3.63) is 0 Å². The Balaban J connectivity index is 2.00. The first-order valence-corrected chi connectivity index (χ1v) is 8.79. The summed E-state index contributed by atoms with van der Waals surface area (Å²) in [6.07, 6.45) is -7.32. The second kappa shape index (κ2) is 9.38. The van der Waals surface area contributed by atoms with Gasteiger partial charge in [-0.15, -0.1) is 0 Å². The lowest BCUT2D eigenvalue weighted by molar-refractivity contribution is -0.303. The van der Waals surface area contributed by atoms with Gasteiger partial charge in [0.15, 0.2) is 6.29 Å². The van der Waals surface area contributed by atoms with E-state index in [1.54, 1.807) is 0 Å². The van der Waals surface area contributed by atoms with Crippen molar-refractivity contribution in [2.24, 2.45) is 5.92 Å². The molecule has 0 saturated carbocycles. The van der Waals surface area contributed by atoms with Gasteiger partial charge in [-0.05, 0) is 6.42 Å². The van der Waals surface area contributed by atoms with Gasteiger partial charge >= 0.3 is 0 Å². The summed E-state index contributed by atoms with van der Waals surface area (Å²) in [5.41, 5.74) is 0. The van der Waals surface area contributed by atoms with Gasteiger partial charge in [0.2, 0.25) is 5.91 Å². The molecule has 0 aromatic heterocycles. The van der Waals surface area contributed by atoms with Crippen LogP contribution < -0.4 is 5.32 Å². The molecule has 2 aliphatic rings. The Morgan fingerprint density at radius 2 is 1.81 bits per heavy atom. The van der Waals surface area contributed by atoms with Gasteiger partial charge < -0.3 is 45.1 Å². The lowest BCUT2D eigenvalue weighted by Crippen LogP contribution is -2.63. The summed E-state index contributed by atoms with van der Waals surface area (Å²) in [7, 11) is 1.41. The van der Waals surface area contributed by atoms with E-state index in [-0.39, 0.29) is 12.5 Å². The highest BCUT2D eigenvalue weighted by Crippen LogP contribution is 2.27. The van der Waals surface area contributed by atoms with Crippen LogP contribution in [0.3, 0.4) is 0 Å². The first-order chi connectivity index (χ1) is 12.3. The average Bonchev–Trinajstić information content (AvgIpc) is 2.63. The van der Waals surface area contributed by atoms with E-state index in [0.29, 0.717) is 6.42 Å². The predicted molar refractivity (Wildman–Crippen MR) is 86.9 cm³/mol. The third-order valence-electron chi connectivity index (χ3n) is 4.99. The van der Waals surface area contributed by atoms with E-state index in [1.165, 1.54) is 7.11 Å². The number of aliphatic hydroxyl groups excluding tert-OH is 5. The Labute approximate surface area is 151 Å². The van der Waals surface area contributed by atoms with Gasteiger partial charge in [0.1, 0.15) is 30.5 Å². The summed E-state index contributed by atoms with van der Waals surface area (Å²) in [6, 6.07) is -0.752. The number of methoxy groups -OCH3 is 1. The van der Waals surface area contributed by atoms with Crippen LogP contribution in [0.4, 0.5) is 0 Å². The fourth-order valence-electron chi connectivity index (χ4n) is 3.50. The molecule has 152 valence electrons. The van der Waals surface area contributed by atoms with Crippen LogP contribution in [0.5, 0.6) is 0 Å². The summed E-state index contributed by atoms with van der Waals surface area (Å²) < 4.78 is 15.9. The highest BCUT2D eigenvalue weighted by molar-refractivity contribution is 5.82. The van der Waals surface area contributed by atoms with Crippen molar-refractivity contribution in [3.8, 4) is 0 Å². The van der Waals surface area contributed by atoms with Gasteiger partial charge in [0, 0.05) is 13.0 Å². The number of rotatable bonds is 7. The van der Waals surface area contributed by atoms with Gasteiger partial charge in [-0.2, -0.15) is 0 Å². The Hall–Kier alpha value is -0.850. The zero-order chi connectivity index (χ0) is 19.4. The lowest BCUT2D eigenvalue weighted by atomic mass is 9.83. The summed E-state index contributed by atoms with van der Waals surface area (Å²) in [4.78, 5) is 12.2. The second-order valence-corrected chi connectivity index (χ2v) is 6.75. The molecule has 2 saturated heterocycles. The molecule has 0 bridgehead atoms. The molecule has 6 unspecified atom stereocenters. The molecule has 2 rings (SSSR count). The fraction of sp³-hybridized carbons (Fsp3) is 0.938. The summed E-state index contributed by atoms with van der Waals surface area (Å²) >= 11 is 0. The molecule has 0 aromatic rings. The van der Waals surface area contributed by atoms with E-state index >= 15 is 0 Å². The maximum Gasteiger partial charge on any atom is 0.249 e. The first kappa shape index (κ1) is 21.5. The van der Waals surface area contributed by atoms with Crippen LogP contribution in [0.15, 0.2) is 0 Å². The number of hydrogen-bond acceptors (Lipinski definition) is 9. The van der Waals surface area contributed by atoms with Crippen molar-refractivity contribution in [1.29, 1.82) is 0 Å². The van der Waals surface area contributed by atoms with Crippen LogP contribution in [-0.4, -0.2) is 101 Å². The Kier molecular flexibility index (Phi) is 7.74. The van der Waals surface area contributed by atoms with E-state index < -0.39 is 61.5 Å². The molecule has 1 amide bonds. The van der Waals surface area contributed by atoms with E-state index in [0.717, 1.165) is 6.42 Å². The smallest absolute Gasteiger partial charge is 0.249 e. The maximum atomic E-state index is 12.2. The second-order valence-electron chi connectivity index (χ2n) is 6.75. The molecule has 0 aromatic carbocycles. The Bertz CT molecular complexity index is 463. The minimum absolute atomic E-state index is 0.188. The number of amides is 1. The van der Waals surface area contributed by atoms with Crippen LogP contribution in [0.25, 0.3) is 0 Å². The monoisotopic (exact) mass is 379 g/mol. The molecular weight excluding hydrogens is 350 g/mol. The third kappa shape index (κ3) is 4.34. The molecule has 2 aliphatic heterocycles. The molecule has 6 N–H and O–H groups in total. The van der Waals surface area contributed by atoms with Crippen LogP contribution >= 0.6 is 0 Å². The molecular formula is C16H29NO9. The number of carbonyl (C=O) groups excluding carboxylic acids is 1. The maximum absolute atomic E-state index is 12.2. The van der Waals surface area contributed by atoms with Crippen LogP contribution in [0.1, 0.15) is 19.8 Å². The molecule has 0 spiro atoms. The Morgan fingerprint density at radius 1 is 1.12 bits per heavy atom. The van der Waals surface area contributed by atoms with Gasteiger partial charge in [-0.1, -0.05) is 13.3 Å². The topological polar surface area (TPSA) is 158 Å². The normalized spacial score (nSPS) is 44.0. The summed E-state index contributed by atoms with van der Waals surface area (Å²) in [6.45, 7) is 1.18. The standard InChI is InChI=1S/C16H29NO9/c1-3-4-7-10(19)8(17-15(23)14(7)24-2)6-25-16-13(22)12(21)11(20)9(5-18)26-16/h7-14,16,18-22H,3-6H2,1-2H3,(H,17,23)/t7-,8+,9?,10-,11?,12?,13?,14?,16?/m1/s1. The average molecular weight is 379 g/mol. The molecule has 2 fully saturated rings. The van der Waals surface area contributed by atoms with Crippen LogP contribution in [0.2, 0.25) is 0 Å². The van der Waals surface area contributed by atoms with Crippen molar-refractivity contribution in [2.45, 2.75) is 68.7 Å². The third-order valence-corrected chi connectivity index (χ3v) is 4.99. The number of piperidine rings is 1. The Morgan fingerprint density at radius 3 is 2.38 bits per heavy atom. The molecule has 2 heterocycles. The van der Waals surface area contributed by atoms with Crippen molar-refractivity contribution in [3.63, 3.8) is 0 Å². The highest BCUT2D eigenvalue weighted by atomic mass is 16.7. The number of ether oxygens (including phenoxy) is 3. The van der Waals surface area contributed by atoms with Crippen LogP contribution in [-0.2, 0) is 19.0 Å². The van der Waals surface area contributed by atoms with Crippen molar-refractivity contribution in [2.75, 3.05) is 20.3 Å². The molecule has 0 radical (unpaired) electrons. The van der Waals surface area contributed by atoms with Gasteiger partial charge in [-0.3, -0.25) is 4.79 Å². The molecule has 10 nitrogen and oxygen atoms in total. The quantitative estimate of drug-likeness (QED) is 0.273. The molecule has 26 heavy (non-hydrogen) atoms. The molecule has 10 heteroatoms. The molecule has 9 atom stereocenters. The molecule has 0 aliphatic carbocycles. The minimum Gasteiger partial charge on any atom is -0.394 e. The minimum atomic E-state index is -1.55. The highest BCUT2D eigenvalue weighted by Gasteiger charge is 2.46. The number of hydrogen-bond donors (Lipinski definition) is 6. The fourth-order valence-corrected chi connectivity index (χ4v) is 3.50. The number of aliphatic hydroxyl groups is 5. The van der Waals surface area contributed by atoms with E-state index in [4.69, 9.17) is 14.2 Å². The van der Waals surface area contributed by atoms with Crippen molar-refractivity contribution in [1.82, 2.24) is 5.32 Å². The van der Waals surface area contributed by atoms with Crippen LogP contribution in [0, 0.1) is 5.92 Å². The lowest BCUT2D eigenvalue weighted by Gasteiger charge is -2.42.